The van der Waals surface area contributed by atoms with Gasteiger partial charge in [0.2, 0.25) is 0 Å². The van der Waals surface area contributed by atoms with E-state index in [4.69, 9.17) is 0 Å². The molecule has 1 heterocycles. The van der Waals surface area contributed by atoms with Gasteiger partial charge in [0.1, 0.15) is 17.5 Å². The molecule has 2 aromatic rings. The zero-order valence-electron chi connectivity index (χ0n) is 13.5. The number of nitro benzene ring substituents is 1. The van der Waals surface area contributed by atoms with E-state index in [1.807, 2.05) is 10.6 Å². The lowest BCUT2D eigenvalue weighted by atomic mass is 10.1. The van der Waals surface area contributed by atoms with Crippen molar-refractivity contribution < 1.29 is 10.0 Å². The standard InChI is InChI=1S/C16H21N3O3S/c1-4-8-18-14(10-20)17-15(11(2)3)16(18)23-13-7-5-6-12(9-13)19(21)22/h5-7,9,11,20H,4,8,10H2,1-3H3. The molecule has 0 spiro atoms. The first-order valence-electron chi connectivity index (χ1n) is 7.60. The Morgan fingerprint density at radius 3 is 2.74 bits per heavy atom. The van der Waals surface area contributed by atoms with Gasteiger partial charge in [-0.1, -0.05) is 38.6 Å². The fraction of sp³-hybridized carbons (Fsp3) is 0.438. The Morgan fingerprint density at radius 1 is 1.43 bits per heavy atom. The van der Waals surface area contributed by atoms with Crippen molar-refractivity contribution in [2.75, 3.05) is 0 Å². The molecule has 0 aliphatic carbocycles. The van der Waals surface area contributed by atoms with E-state index in [9.17, 15) is 15.2 Å². The van der Waals surface area contributed by atoms with Crippen LogP contribution in [-0.2, 0) is 13.2 Å². The van der Waals surface area contributed by atoms with Crippen LogP contribution in [0.4, 0.5) is 5.69 Å². The number of aliphatic hydroxyl groups excluding tert-OH is 1. The molecule has 0 radical (unpaired) electrons. The highest BCUT2D eigenvalue weighted by atomic mass is 32.2. The Labute approximate surface area is 139 Å². The Balaban J connectivity index is 2.46. The van der Waals surface area contributed by atoms with E-state index in [1.165, 1.54) is 17.8 Å². The second-order valence-electron chi connectivity index (χ2n) is 5.54. The molecule has 23 heavy (non-hydrogen) atoms. The topological polar surface area (TPSA) is 81.2 Å². The van der Waals surface area contributed by atoms with Crippen molar-refractivity contribution in [3.8, 4) is 0 Å². The van der Waals surface area contributed by atoms with E-state index >= 15 is 0 Å². The van der Waals surface area contributed by atoms with Crippen molar-refractivity contribution in [3.05, 3.63) is 45.9 Å². The number of hydrogen-bond acceptors (Lipinski definition) is 5. The Hall–Kier alpha value is -1.86. The number of aromatic nitrogens is 2. The van der Waals surface area contributed by atoms with Crippen molar-refractivity contribution in [2.45, 2.75) is 56.2 Å². The quantitative estimate of drug-likeness (QED) is 0.611. The molecule has 1 aromatic carbocycles. The van der Waals surface area contributed by atoms with Crippen LogP contribution in [0.3, 0.4) is 0 Å². The van der Waals surface area contributed by atoms with Gasteiger partial charge in [-0.05, 0) is 18.4 Å². The minimum atomic E-state index is -0.393. The summed E-state index contributed by atoms with van der Waals surface area (Å²) in [5, 5.41) is 21.5. The molecular formula is C16H21N3O3S. The molecule has 6 nitrogen and oxygen atoms in total. The summed E-state index contributed by atoms with van der Waals surface area (Å²) < 4.78 is 2.01. The van der Waals surface area contributed by atoms with Gasteiger partial charge in [-0.2, -0.15) is 0 Å². The lowest BCUT2D eigenvalue weighted by molar-refractivity contribution is -0.385. The molecule has 124 valence electrons. The summed E-state index contributed by atoms with van der Waals surface area (Å²) in [6.07, 6.45) is 0.920. The molecule has 7 heteroatoms. The molecule has 0 amide bonds. The number of aliphatic hydroxyl groups is 1. The van der Waals surface area contributed by atoms with Crippen LogP contribution in [0, 0.1) is 10.1 Å². The van der Waals surface area contributed by atoms with Crippen LogP contribution in [0.1, 0.15) is 44.6 Å². The first kappa shape index (κ1) is 17.5. The van der Waals surface area contributed by atoms with Gasteiger partial charge in [-0.3, -0.25) is 10.1 Å². The molecule has 1 N–H and O–H groups in total. The summed E-state index contributed by atoms with van der Waals surface area (Å²) in [6.45, 7) is 6.81. The zero-order valence-corrected chi connectivity index (χ0v) is 14.3. The Morgan fingerprint density at radius 2 is 2.17 bits per heavy atom. The monoisotopic (exact) mass is 335 g/mol. The van der Waals surface area contributed by atoms with Gasteiger partial charge in [0.05, 0.1) is 10.6 Å². The van der Waals surface area contributed by atoms with Crippen molar-refractivity contribution in [1.82, 2.24) is 9.55 Å². The zero-order chi connectivity index (χ0) is 17.0. The van der Waals surface area contributed by atoms with Gasteiger partial charge in [0.25, 0.3) is 5.69 Å². The SMILES string of the molecule is CCCn1c(CO)nc(C(C)C)c1Sc1cccc([N+](=O)[O-])c1. The van der Waals surface area contributed by atoms with Gasteiger partial charge in [-0.15, -0.1) is 0 Å². The third kappa shape index (κ3) is 3.92. The number of benzene rings is 1. The number of rotatable bonds is 7. The van der Waals surface area contributed by atoms with Crippen LogP contribution >= 0.6 is 11.8 Å². The van der Waals surface area contributed by atoms with Gasteiger partial charge in [-0.25, -0.2) is 4.98 Å². The average Bonchev–Trinajstić information content (AvgIpc) is 2.86. The predicted octanol–water partition coefficient (Wildman–Crippen LogP) is 3.97. The second-order valence-corrected chi connectivity index (χ2v) is 6.60. The highest BCUT2D eigenvalue weighted by Gasteiger charge is 2.20. The van der Waals surface area contributed by atoms with Crippen LogP contribution in [0.25, 0.3) is 0 Å². The van der Waals surface area contributed by atoms with Crippen molar-refractivity contribution in [1.29, 1.82) is 0 Å². The summed E-state index contributed by atoms with van der Waals surface area (Å²) in [5.74, 6) is 0.850. The number of nitrogens with zero attached hydrogens (tertiary/aromatic N) is 3. The van der Waals surface area contributed by atoms with Gasteiger partial charge >= 0.3 is 0 Å². The maximum atomic E-state index is 10.9. The van der Waals surface area contributed by atoms with Crippen LogP contribution in [0.5, 0.6) is 0 Å². The summed E-state index contributed by atoms with van der Waals surface area (Å²) >= 11 is 1.46. The molecule has 0 atom stereocenters. The minimum Gasteiger partial charge on any atom is -0.388 e. The fourth-order valence-corrected chi connectivity index (χ4v) is 3.58. The van der Waals surface area contributed by atoms with Gasteiger partial charge in [0.15, 0.2) is 0 Å². The summed E-state index contributed by atoms with van der Waals surface area (Å²) in [6, 6.07) is 6.58. The molecular weight excluding hydrogens is 314 g/mol. The Kier molecular flexibility index (Phi) is 5.79. The average molecular weight is 335 g/mol. The number of imidazole rings is 1. The second kappa shape index (κ2) is 7.61. The lowest BCUT2D eigenvalue weighted by Gasteiger charge is -2.11. The van der Waals surface area contributed by atoms with Crippen molar-refractivity contribution >= 4 is 17.4 Å². The van der Waals surface area contributed by atoms with Crippen LogP contribution in [0.2, 0.25) is 0 Å². The molecule has 0 aliphatic rings. The predicted molar refractivity (Wildman–Crippen MR) is 89.7 cm³/mol. The summed E-state index contributed by atoms with van der Waals surface area (Å²) in [7, 11) is 0. The van der Waals surface area contributed by atoms with E-state index in [1.54, 1.807) is 12.1 Å². The van der Waals surface area contributed by atoms with Crippen LogP contribution in [-0.4, -0.2) is 19.6 Å². The molecule has 0 aliphatic heterocycles. The van der Waals surface area contributed by atoms with Crippen molar-refractivity contribution in [2.24, 2.45) is 0 Å². The van der Waals surface area contributed by atoms with E-state index < -0.39 is 4.92 Å². The molecule has 1 aromatic heterocycles. The first-order chi connectivity index (χ1) is 11.0. The third-order valence-electron chi connectivity index (χ3n) is 3.40. The highest BCUT2D eigenvalue weighted by Crippen LogP contribution is 2.36. The van der Waals surface area contributed by atoms with Gasteiger partial charge < -0.3 is 9.67 Å². The van der Waals surface area contributed by atoms with Crippen LogP contribution < -0.4 is 0 Å². The maximum absolute atomic E-state index is 10.9. The Bertz CT molecular complexity index is 698. The molecule has 0 unspecified atom stereocenters. The first-order valence-corrected chi connectivity index (χ1v) is 8.42. The van der Waals surface area contributed by atoms with Crippen LogP contribution in [0.15, 0.2) is 34.2 Å². The molecule has 0 bridgehead atoms. The third-order valence-corrected chi connectivity index (χ3v) is 4.52. The number of nitro groups is 1. The van der Waals surface area contributed by atoms with E-state index in [-0.39, 0.29) is 18.2 Å². The smallest absolute Gasteiger partial charge is 0.270 e. The fourth-order valence-electron chi connectivity index (χ4n) is 2.33. The summed E-state index contributed by atoms with van der Waals surface area (Å²) in [4.78, 5) is 15.9. The van der Waals surface area contributed by atoms with E-state index in [2.05, 4.69) is 25.8 Å². The lowest BCUT2D eigenvalue weighted by Crippen LogP contribution is -2.04. The van der Waals surface area contributed by atoms with E-state index in [0.29, 0.717) is 5.82 Å². The minimum absolute atomic E-state index is 0.0741. The van der Waals surface area contributed by atoms with Gasteiger partial charge in [0, 0.05) is 23.6 Å². The molecule has 0 saturated carbocycles. The number of hydrogen-bond donors (Lipinski definition) is 1. The molecule has 0 fully saturated rings. The normalized spacial score (nSPS) is 11.2. The number of non-ortho nitro benzene ring substituents is 1. The molecule has 2 rings (SSSR count). The van der Waals surface area contributed by atoms with Crippen molar-refractivity contribution in [3.63, 3.8) is 0 Å². The maximum Gasteiger partial charge on any atom is 0.270 e. The highest BCUT2D eigenvalue weighted by molar-refractivity contribution is 7.99. The molecule has 0 saturated heterocycles. The largest absolute Gasteiger partial charge is 0.388 e. The van der Waals surface area contributed by atoms with E-state index in [0.717, 1.165) is 28.6 Å². The summed E-state index contributed by atoms with van der Waals surface area (Å²) in [5.41, 5.74) is 0.990.